The number of carbonyl (C=O) groups is 1. The van der Waals surface area contributed by atoms with E-state index < -0.39 is 0 Å². The molecule has 4 rings (SSSR count). The normalized spacial score (nSPS) is 17.1. The predicted octanol–water partition coefficient (Wildman–Crippen LogP) is 4.92. The summed E-state index contributed by atoms with van der Waals surface area (Å²) in [6.07, 6.45) is 0.506. The van der Waals surface area contributed by atoms with Crippen molar-refractivity contribution in [2.24, 2.45) is 0 Å². The predicted molar refractivity (Wildman–Crippen MR) is 98.2 cm³/mol. The summed E-state index contributed by atoms with van der Waals surface area (Å²) >= 11 is 2.30. The second-order valence-electron chi connectivity index (χ2n) is 5.61. The fourth-order valence-corrected chi connectivity index (χ4v) is 3.56. The van der Waals surface area contributed by atoms with Crippen LogP contribution in [0.4, 0.5) is 5.69 Å². The van der Waals surface area contributed by atoms with Crippen LogP contribution in [0.25, 0.3) is 10.8 Å². The van der Waals surface area contributed by atoms with Crippen molar-refractivity contribution in [3.05, 3.63) is 75.4 Å². The summed E-state index contributed by atoms with van der Waals surface area (Å²) in [6, 6.07) is 21.0. The van der Waals surface area contributed by atoms with Crippen molar-refractivity contribution in [3.63, 3.8) is 0 Å². The van der Waals surface area contributed by atoms with E-state index in [4.69, 9.17) is 0 Å². The van der Waals surface area contributed by atoms with Gasteiger partial charge in [-0.3, -0.25) is 4.79 Å². The molecular weight excluding hydrogens is 385 g/mol. The Morgan fingerprint density at radius 3 is 2.55 bits per heavy atom. The van der Waals surface area contributed by atoms with Crippen LogP contribution < -0.4 is 5.32 Å². The van der Waals surface area contributed by atoms with Crippen LogP contribution in [0.1, 0.15) is 23.5 Å². The van der Waals surface area contributed by atoms with Gasteiger partial charge in [0.25, 0.3) is 0 Å². The zero-order valence-electron chi connectivity index (χ0n) is 11.8. The maximum atomic E-state index is 12.2. The first-order valence-corrected chi connectivity index (χ1v) is 8.37. The minimum Gasteiger partial charge on any atom is -0.325 e. The maximum Gasteiger partial charge on any atom is 0.225 e. The lowest BCUT2D eigenvalue weighted by molar-refractivity contribution is -0.116. The zero-order valence-corrected chi connectivity index (χ0v) is 14.0. The Morgan fingerprint density at radius 1 is 0.955 bits per heavy atom. The summed E-state index contributed by atoms with van der Waals surface area (Å²) in [5.74, 6) is 0.220. The third-order valence-corrected chi connectivity index (χ3v) is 4.98. The van der Waals surface area contributed by atoms with E-state index in [1.165, 1.54) is 14.7 Å². The van der Waals surface area contributed by atoms with Crippen LogP contribution in [0.3, 0.4) is 0 Å². The Hall–Kier alpha value is -1.88. The van der Waals surface area contributed by atoms with Gasteiger partial charge in [0, 0.05) is 21.3 Å². The fraction of sp³-hybridized carbons (Fsp3) is 0.105. The summed E-state index contributed by atoms with van der Waals surface area (Å²) in [6.45, 7) is 0. The highest BCUT2D eigenvalue weighted by Crippen LogP contribution is 2.40. The highest BCUT2D eigenvalue weighted by Gasteiger charge is 2.27. The molecule has 1 amide bonds. The molecule has 3 aromatic carbocycles. The van der Waals surface area contributed by atoms with E-state index in [-0.39, 0.29) is 11.8 Å². The molecule has 0 bridgehead atoms. The molecule has 0 aliphatic carbocycles. The molecule has 0 spiro atoms. The molecule has 0 unspecified atom stereocenters. The van der Waals surface area contributed by atoms with Crippen molar-refractivity contribution in [1.82, 2.24) is 0 Å². The molecule has 0 saturated carbocycles. The van der Waals surface area contributed by atoms with Crippen molar-refractivity contribution in [1.29, 1.82) is 0 Å². The SMILES string of the molecule is O=C1C[C@H](c2ccc(I)cc2)c2ccc3ccccc3c2N1. The molecule has 3 aromatic rings. The summed E-state index contributed by atoms with van der Waals surface area (Å²) in [4.78, 5) is 12.2. The molecule has 0 aromatic heterocycles. The van der Waals surface area contributed by atoms with E-state index >= 15 is 0 Å². The number of amides is 1. The molecule has 0 fully saturated rings. The molecule has 1 N–H and O–H groups in total. The lowest BCUT2D eigenvalue weighted by Crippen LogP contribution is -2.23. The topological polar surface area (TPSA) is 29.1 Å². The minimum atomic E-state index is 0.0902. The maximum absolute atomic E-state index is 12.2. The number of hydrogen-bond acceptors (Lipinski definition) is 1. The molecule has 3 heteroatoms. The number of fused-ring (bicyclic) bond motifs is 3. The van der Waals surface area contributed by atoms with Gasteiger partial charge < -0.3 is 5.32 Å². The standard InChI is InChI=1S/C19H14INO/c20-14-8-5-13(6-9-14)17-11-18(22)21-19-15-4-2-1-3-12(15)7-10-16(17)19/h1-10,17H,11H2,(H,21,22)/t17-/m1/s1. The lowest BCUT2D eigenvalue weighted by atomic mass is 9.83. The van der Waals surface area contributed by atoms with Gasteiger partial charge in [-0.1, -0.05) is 48.5 Å². The zero-order chi connectivity index (χ0) is 15.1. The van der Waals surface area contributed by atoms with Gasteiger partial charge in [0.2, 0.25) is 5.91 Å². The molecule has 108 valence electrons. The molecule has 22 heavy (non-hydrogen) atoms. The summed E-state index contributed by atoms with van der Waals surface area (Å²) in [5.41, 5.74) is 3.38. The molecule has 1 heterocycles. The minimum absolute atomic E-state index is 0.0902. The fourth-order valence-electron chi connectivity index (χ4n) is 3.20. The van der Waals surface area contributed by atoms with Crippen LogP contribution in [0.15, 0.2) is 60.7 Å². The van der Waals surface area contributed by atoms with Crippen molar-refractivity contribution in [2.75, 3.05) is 5.32 Å². The third kappa shape index (κ3) is 2.29. The number of nitrogens with one attached hydrogen (secondary N) is 1. The molecule has 1 atom stereocenters. The van der Waals surface area contributed by atoms with Crippen LogP contribution in [-0.2, 0) is 4.79 Å². The number of anilines is 1. The molecule has 0 radical (unpaired) electrons. The second-order valence-corrected chi connectivity index (χ2v) is 6.85. The van der Waals surface area contributed by atoms with Gasteiger partial charge in [-0.2, -0.15) is 0 Å². The first-order chi connectivity index (χ1) is 10.7. The second kappa shape index (κ2) is 5.39. The Labute approximate surface area is 142 Å². The van der Waals surface area contributed by atoms with Crippen molar-refractivity contribution < 1.29 is 4.79 Å². The quantitative estimate of drug-likeness (QED) is 0.579. The summed E-state index contributed by atoms with van der Waals surface area (Å²) in [7, 11) is 0. The molecule has 2 nitrogen and oxygen atoms in total. The Morgan fingerprint density at radius 2 is 1.73 bits per heavy atom. The van der Waals surface area contributed by atoms with E-state index in [1.807, 2.05) is 12.1 Å². The molecular formula is C19H14INO. The van der Waals surface area contributed by atoms with Crippen LogP contribution in [0.2, 0.25) is 0 Å². The van der Waals surface area contributed by atoms with Crippen LogP contribution >= 0.6 is 22.6 Å². The first kappa shape index (κ1) is 13.8. The van der Waals surface area contributed by atoms with Gasteiger partial charge >= 0.3 is 0 Å². The molecule has 1 aliphatic heterocycles. The van der Waals surface area contributed by atoms with Crippen LogP contribution in [-0.4, -0.2) is 5.91 Å². The Bertz CT molecular complexity index is 870. The summed E-state index contributed by atoms with van der Waals surface area (Å²) < 4.78 is 1.21. The number of halogens is 1. The number of benzene rings is 3. The lowest BCUT2D eigenvalue weighted by Gasteiger charge is -2.27. The van der Waals surface area contributed by atoms with E-state index in [2.05, 4.69) is 76.4 Å². The third-order valence-electron chi connectivity index (χ3n) is 4.26. The highest BCUT2D eigenvalue weighted by molar-refractivity contribution is 14.1. The Balaban J connectivity index is 1.92. The summed E-state index contributed by atoms with van der Waals surface area (Å²) in [5, 5.41) is 5.35. The smallest absolute Gasteiger partial charge is 0.225 e. The van der Waals surface area contributed by atoms with E-state index in [1.54, 1.807) is 0 Å². The van der Waals surface area contributed by atoms with Gasteiger partial charge in [0.1, 0.15) is 0 Å². The van der Waals surface area contributed by atoms with E-state index in [9.17, 15) is 4.79 Å². The van der Waals surface area contributed by atoms with Gasteiger partial charge in [0.15, 0.2) is 0 Å². The highest BCUT2D eigenvalue weighted by atomic mass is 127. The Kier molecular flexibility index (Phi) is 3.37. The van der Waals surface area contributed by atoms with Gasteiger partial charge in [0.05, 0.1) is 5.69 Å². The number of rotatable bonds is 1. The van der Waals surface area contributed by atoms with Gasteiger partial charge in [-0.15, -0.1) is 0 Å². The monoisotopic (exact) mass is 399 g/mol. The van der Waals surface area contributed by atoms with Crippen molar-refractivity contribution >= 4 is 45.0 Å². The van der Waals surface area contributed by atoms with E-state index in [0.29, 0.717) is 6.42 Å². The number of carbonyl (C=O) groups excluding carboxylic acids is 1. The molecule has 1 aliphatic rings. The van der Waals surface area contributed by atoms with E-state index in [0.717, 1.165) is 16.5 Å². The first-order valence-electron chi connectivity index (χ1n) is 7.29. The average molecular weight is 399 g/mol. The van der Waals surface area contributed by atoms with Gasteiger partial charge in [-0.05, 0) is 51.2 Å². The average Bonchev–Trinajstić information content (AvgIpc) is 2.55. The van der Waals surface area contributed by atoms with Crippen molar-refractivity contribution in [2.45, 2.75) is 12.3 Å². The van der Waals surface area contributed by atoms with Crippen molar-refractivity contribution in [3.8, 4) is 0 Å². The number of hydrogen-bond donors (Lipinski definition) is 1. The van der Waals surface area contributed by atoms with Crippen LogP contribution in [0, 0.1) is 3.57 Å². The van der Waals surface area contributed by atoms with Crippen LogP contribution in [0.5, 0.6) is 0 Å². The molecule has 0 saturated heterocycles. The van der Waals surface area contributed by atoms with Gasteiger partial charge in [-0.25, -0.2) is 0 Å². The largest absolute Gasteiger partial charge is 0.325 e.